The number of nitrogens with one attached hydrogen (secondary N) is 1. The normalized spacial score (nSPS) is 24.1. The lowest BCUT2D eigenvalue weighted by Gasteiger charge is -2.31. The Labute approximate surface area is 110 Å². The van der Waals surface area contributed by atoms with Crippen molar-refractivity contribution < 1.29 is 4.39 Å². The summed E-state index contributed by atoms with van der Waals surface area (Å²) in [6.45, 7) is 3.25. The van der Waals surface area contributed by atoms with Crippen LogP contribution in [0.15, 0.2) is 24.3 Å². The Hall–Kier alpha value is -0.890. The molecule has 100 valence electrons. The highest BCUT2D eigenvalue weighted by Gasteiger charge is 2.22. The Morgan fingerprint density at radius 3 is 2.89 bits per heavy atom. The van der Waals surface area contributed by atoms with Gasteiger partial charge in [0.1, 0.15) is 5.82 Å². The Balaban J connectivity index is 1.77. The first-order valence-corrected chi connectivity index (χ1v) is 7.27. The minimum absolute atomic E-state index is 0.128. The topological polar surface area (TPSA) is 12.0 Å². The standard InChI is InChI=1S/C16H24FN/c1-2-14-7-3-4-9-16(14)18-11-10-13-6-5-8-15(17)12-13/h5-6,8,12,14,16,18H,2-4,7,9-11H2,1H3. The maximum Gasteiger partial charge on any atom is 0.123 e. The van der Waals surface area contributed by atoms with Gasteiger partial charge in [-0.1, -0.05) is 38.3 Å². The summed E-state index contributed by atoms with van der Waals surface area (Å²) in [5.74, 6) is 0.711. The fourth-order valence-corrected chi connectivity index (χ4v) is 3.06. The van der Waals surface area contributed by atoms with Gasteiger partial charge in [-0.05, 0) is 49.4 Å². The average Bonchev–Trinajstić information content (AvgIpc) is 2.39. The Morgan fingerprint density at radius 1 is 1.28 bits per heavy atom. The Bertz CT molecular complexity index is 364. The molecule has 0 heterocycles. The maximum atomic E-state index is 13.0. The zero-order chi connectivity index (χ0) is 12.8. The molecule has 2 atom stereocenters. The minimum atomic E-state index is -0.128. The van der Waals surface area contributed by atoms with Crippen molar-refractivity contribution >= 4 is 0 Å². The number of hydrogen-bond acceptors (Lipinski definition) is 1. The van der Waals surface area contributed by atoms with Crippen LogP contribution in [0.2, 0.25) is 0 Å². The summed E-state index contributed by atoms with van der Waals surface area (Å²) in [6, 6.07) is 7.62. The third-order valence-electron chi connectivity index (χ3n) is 4.14. The number of rotatable bonds is 5. The molecule has 1 fully saturated rings. The van der Waals surface area contributed by atoms with Crippen LogP contribution >= 0.6 is 0 Å². The number of halogens is 1. The molecule has 0 amide bonds. The van der Waals surface area contributed by atoms with Gasteiger partial charge in [0, 0.05) is 6.04 Å². The third-order valence-corrected chi connectivity index (χ3v) is 4.14. The van der Waals surface area contributed by atoms with E-state index in [0.29, 0.717) is 6.04 Å². The van der Waals surface area contributed by atoms with Crippen LogP contribution in [0.5, 0.6) is 0 Å². The molecule has 1 saturated carbocycles. The van der Waals surface area contributed by atoms with Crippen LogP contribution in [0.3, 0.4) is 0 Å². The molecule has 1 aromatic carbocycles. The fourth-order valence-electron chi connectivity index (χ4n) is 3.06. The Kier molecular flexibility index (Phi) is 5.18. The van der Waals surface area contributed by atoms with E-state index in [9.17, 15) is 4.39 Å². The van der Waals surface area contributed by atoms with E-state index in [-0.39, 0.29) is 5.82 Å². The molecule has 1 aromatic rings. The number of hydrogen-bond donors (Lipinski definition) is 1. The highest BCUT2D eigenvalue weighted by molar-refractivity contribution is 5.16. The molecule has 2 heteroatoms. The highest BCUT2D eigenvalue weighted by Crippen LogP contribution is 2.26. The SMILES string of the molecule is CCC1CCCCC1NCCc1cccc(F)c1. The summed E-state index contributed by atoms with van der Waals surface area (Å²) in [7, 11) is 0. The molecule has 0 saturated heterocycles. The summed E-state index contributed by atoms with van der Waals surface area (Å²) in [5.41, 5.74) is 1.09. The quantitative estimate of drug-likeness (QED) is 0.834. The third kappa shape index (κ3) is 3.81. The van der Waals surface area contributed by atoms with Gasteiger partial charge in [-0.15, -0.1) is 0 Å². The molecule has 1 aliphatic rings. The van der Waals surface area contributed by atoms with Crippen LogP contribution < -0.4 is 5.32 Å². The van der Waals surface area contributed by atoms with Crippen molar-refractivity contribution in [1.29, 1.82) is 0 Å². The van der Waals surface area contributed by atoms with E-state index in [2.05, 4.69) is 12.2 Å². The predicted octanol–water partition coefficient (Wildman–Crippen LogP) is 3.93. The second-order valence-electron chi connectivity index (χ2n) is 5.39. The zero-order valence-electron chi connectivity index (χ0n) is 11.3. The highest BCUT2D eigenvalue weighted by atomic mass is 19.1. The summed E-state index contributed by atoms with van der Waals surface area (Å²) in [6.07, 6.45) is 7.62. The molecule has 1 nitrogen and oxygen atoms in total. The van der Waals surface area contributed by atoms with E-state index in [4.69, 9.17) is 0 Å². The van der Waals surface area contributed by atoms with Crippen molar-refractivity contribution in [3.05, 3.63) is 35.6 Å². The van der Waals surface area contributed by atoms with Crippen molar-refractivity contribution in [3.63, 3.8) is 0 Å². The van der Waals surface area contributed by atoms with Gasteiger partial charge in [0.05, 0.1) is 0 Å². The van der Waals surface area contributed by atoms with E-state index in [0.717, 1.165) is 24.4 Å². The zero-order valence-corrected chi connectivity index (χ0v) is 11.3. The lowest BCUT2D eigenvalue weighted by atomic mass is 9.83. The van der Waals surface area contributed by atoms with Gasteiger partial charge in [-0.25, -0.2) is 4.39 Å². The van der Waals surface area contributed by atoms with Crippen LogP contribution in [0.1, 0.15) is 44.6 Å². The molecule has 0 aromatic heterocycles. The first kappa shape index (κ1) is 13.5. The van der Waals surface area contributed by atoms with Gasteiger partial charge < -0.3 is 5.32 Å². The predicted molar refractivity (Wildman–Crippen MR) is 74.1 cm³/mol. The van der Waals surface area contributed by atoms with Gasteiger partial charge in [0.25, 0.3) is 0 Å². The van der Waals surface area contributed by atoms with Gasteiger partial charge in [-0.2, -0.15) is 0 Å². The van der Waals surface area contributed by atoms with E-state index < -0.39 is 0 Å². The number of benzene rings is 1. The van der Waals surface area contributed by atoms with Gasteiger partial charge in [0.2, 0.25) is 0 Å². The molecule has 2 rings (SSSR count). The van der Waals surface area contributed by atoms with Crippen molar-refractivity contribution in [2.75, 3.05) is 6.54 Å². The molecule has 2 unspecified atom stereocenters. The van der Waals surface area contributed by atoms with Crippen LogP contribution in [0.25, 0.3) is 0 Å². The average molecular weight is 249 g/mol. The van der Waals surface area contributed by atoms with Crippen molar-refractivity contribution in [2.24, 2.45) is 5.92 Å². The molecule has 18 heavy (non-hydrogen) atoms. The van der Waals surface area contributed by atoms with E-state index in [1.165, 1.54) is 38.2 Å². The second-order valence-corrected chi connectivity index (χ2v) is 5.39. The van der Waals surface area contributed by atoms with Crippen molar-refractivity contribution in [2.45, 2.75) is 51.5 Å². The molecule has 0 aliphatic heterocycles. The summed E-state index contributed by atoms with van der Waals surface area (Å²) in [4.78, 5) is 0. The molecular weight excluding hydrogens is 225 g/mol. The molecule has 0 radical (unpaired) electrons. The Morgan fingerprint density at radius 2 is 2.11 bits per heavy atom. The lowest BCUT2D eigenvalue weighted by molar-refractivity contribution is 0.257. The van der Waals surface area contributed by atoms with Crippen LogP contribution in [-0.4, -0.2) is 12.6 Å². The smallest absolute Gasteiger partial charge is 0.123 e. The van der Waals surface area contributed by atoms with Crippen LogP contribution in [0, 0.1) is 11.7 Å². The largest absolute Gasteiger partial charge is 0.313 e. The molecule has 0 bridgehead atoms. The molecular formula is C16H24FN. The van der Waals surface area contributed by atoms with E-state index in [1.54, 1.807) is 12.1 Å². The van der Waals surface area contributed by atoms with Crippen molar-refractivity contribution in [1.82, 2.24) is 5.32 Å². The molecule has 1 aliphatic carbocycles. The first-order valence-electron chi connectivity index (χ1n) is 7.27. The van der Waals surface area contributed by atoms with E-state index in [1.807, 2.05) is 6.07 Å². The first-order chi connectivity index (χ1) is 8.79. The minimum Gasteiger partial charge on any atom is -0.313 e. The van der Waals surface area contributed by atoms with Gasteiger partial charge in [0.15, 0.2) is 0 Å². The summed E-state index contributed by atoms with van der Waals surface area (Å²) in [5, 5.41) is 3.67. The van der Waals surface area contributed by atoms with E-state index >= 15 is 0 Å². The van der Waals surface area contributed by atoms with Gasteiger partial charge >= 0.3 is 0 Å². The van der Waals surface area contributed by atoms with Gasteiger partial charge in [-0.3, -0.25) is 0 Å². The molecule has 1 N–H and O–H groups in total. The van der Waals surface area contributed by atoms with Crippen molar-refractivity contribution in [3.8, 4) is 0 Å². The second kappa shape index (κ2) is 6.89. The summed E-state index contributed by atoms with van der Waals surface area (Å²) < 4.78 is 13.0. The maximum absolute atomic E-state index is 13.0. The monoisotopic (exact) mass is 249 g/mol. The summed E-state index contributed by atoms with van der Waals surface area (Å²) >= 11 is 0. The lowest BCUT2D eigenvalue weighted by Crippen LogP contribution is -2.39. The van der Waals surface area contributed by atoms with Crippen LogP contribution in [-0.2, 0) is 6.42 Å². The van der Waals surface area contributed by atoms with Crippen LogP contribution in [0.4, 0.5) is 4.39 Å². The fraction of sp³-hybridized carbons (Fsp3) is 0.625. The molecule has 0 spiro atoms.